The van der Waals surface area contributed by atoms with Gasteiger partial charge in [-0.05, 0) is 5.56 Å². The highest BCUT2D eigenvalue weighted by molar-refractivity contribution is 6.18. The van der Waals surface area contributed by atoms with Crippen molar-refractivity contribution in [3.63, 3.8) is 0 Å². The minimum atomic E-state index is 0.0432. The number of methoxy groups -OCH3 is 4. The van der Waals surface area contributed by atoms with Gasteiger partial charge in [0.1, 0.15) is 6.10 Å². The SMILES string of the molecule is COCC(CCl)OC.COCC(OC)c1ccccc1. The lowest BCUT2D eigenvalue weighted by molar-refractivity contribution is 0.0275. The van der Waals surface area contributed by atoms with Gasteiger partial charge in [0, 0.05) is 28.4 Å². The first kappa shape index (κ1) is 19.4. The van der Waals surface area contributed by atoms with Crippen LogP contribution in [0.5, 0.6) is 0 Å². The van der Waals surface area contributed by atoms with Gasteiger partial charge < -0.3 is 18.9 Å². The molecule has 0 heterocycles. The molecule has 0 aliphatic heterocycles. The molecule has 0 spiro atoms. The largest absolute Gasteiger partial charge is 0.382 e. The highest BCUT2D eigenvalue weighted by atomic mass is 35.5. The summed E-state index contributed by atoms with van der Waals surface area (Å²) in [5, 5.41) is 0. The molecule has 0 fully saturated rings. The van der Waals surface area contributed by atoms with Gasteiger partial charge in [0.05, 0.1) is 25.2 Å². The summed E-state index contributed by atoms with van der Waals surface area (Å²) in [7, 11) is 6.61. The van der Waals surface area contributed by atoms with Gasteiger partial charge in [0.15, 0.2) is 0 Å². The van der Waals surface area contributed by atoms with E-state index in [1.165, 1.54) is 0 Å². The van der Waals surface area contributed by atoms with Crippen LogP contribution in [0.25, 0.3) is 0 Å². The van der Waals surface area contributed by atoms with Crippen LogP contribution in [0.3, 0.4) is 0 Å². The third-order valence-corrected chi connectivity index (χ3v) is 2.98. The van der Waals surface area contributed by atoms with Crippen LogP contribution >= 0.6 is 11.6 Å². The molecule has 0 amide bonds. The first-order valence-corrected chi connectivity index (χ1v) is 6.91. The Balaban J connectivity index is 0.000000396. The van der Waals surface area contributed by atoms with Gasteiger partial charge in [-0.3, -0.25) is 0 Å². The average Bonchev–Trinajstić information content (AvgIpc) is 2.51. The van der Waals surface area contributed by atoms with Crippen molar-refractivity contribution in [2.75, 3.05) is 47.5 Å². The van der Waals surface area contributed by atoms with E-state index in [1.807, 2.05) is 30.3 Å². The third-order valence-electron chi connectivity index (χ3n) is 2.63. The van der Waals surface area contributed by atoms with Gasteiger partial charge in [-0.2, -0.15) is 0 Å². The maximum atomic E-state index is 5.44. The number of rotatable bonds is 8. The fourth-order valence-corrected chi connectivity index (χ4v) is 1.70. The smallest absolute Gasteiger partial charge is 0.105 e. The molecule has 0 aliphatic rings. The molecule has 2 atom stereocenters. The van der Waals surface area contributed by atoms with E-state index in [4.69, 9.17) is 30.5 Å². The summed E-state index contributed by atoms with van der Waals surface area (Å²) in [6, 6.07) is 10.1. The van der Waals surface area contributed by atoms with E-state index in [-0.39, 0.29) is 12.2 Å². The summed E-state index contributed by atoms with van der Waals surface area (Å²) >= 11 is 5.44. The van der Waals surface area contributed by atoms with Crippen molar-refractivity contribution in [2.45, 2.75) is 12.2 Å². The Labute approximate surface area is 126 Å². The van der Waals surface area contributed by atoms with E-state index in [0.29, 0.717) is 19.1 Å². The van der Waals surface area contributed by atoms with Gasteiger partial charge in [-0.15, -0.1) is 11.6 Å². The van der Waals surface area contributed by atoms with Crippen molar-refractivity contribution < 1.29 is 18.9 Å². The van der Waals surface area contributed by atoms with Gasteiger partial charge >= 0.3 is 0 Å². The lowest BCUT2D eigenvalue weighted by Gasteiger charge is -2.13. The molecule has 4 nitrogen and oxygen atoms in total. The second kappa shape index (κ2) is 13.3. The molecule has 0 saturated carbocycles. The molecule has 0 aliphatic carbocycles. The summed E-state index contributed by atoms with van der Waals surface area (Å²) in [6.45, 7) is 1.17. The monoisotopic (exact) mass is 304 g/mol. The fraction of sp³-hybridized carbons (Fsp3) is 0.600. The van der Waals surface area contributed by atoms with Crippen LogP contribution in [0.15, 0.2) is 30.3 Å². The Morgan fingerprint density at radius 2 is 1.50 bits per heavy atom. The first-order chi connectivity index (χ1) is 9.73. The lowest BCUT2D eigenvalue weighted by atomic mass is 10.1. The van der Waals surface area contributed by atoms with Crippen molar-refractivity contribution in [1.82, 2.24) is 0 Å². The summed E-state index contributed by atoms with van der Waals surface area (Å²) in [5.41, 5.74) is 1.15. The molecular weight excluding hydrogens is 280 g/mol. The number of alkyl halides is 1. The summed E-state index contributed by atoms with van der Waals surface area (Å²) in [6.07, 6.45) is 0.0952. The van der Waals surface area contributed by atoms with Crippen molar-refractivity contribution in [1.29, 1.82) is 0 Å². The predicted octanol–water partition coefficient (Wildman–Crippen LogP) is 2.91. The topological polar surface area (TPSA) is 36.9 Å². The molecule has 0 N–H and O–H groups in total. The molecule has 20 heavy (non-hydrogen) atoms. The molecule has 0 radical (unpaired) electrons. The molecule has 5 heteroatoms. The zero-order chi connectivity index (χ0) is 15.2. The molecule has 0 bridgehead atoms. The lowest BCUT2D eigenvalue weighted by Crippen LogP contribution is -2.18. The third kappa shape index (κ3) is 8.51. The summed E-state index contributed by atoms with van der Waals surface area (Å²) in [5.74, 6) is 0.490. The number of hydrogen-bond donors (Lipinski definition) is 0. The maximum absolute atomic E-state index is 5.44. The van der Waals surface area contributed by atoms with E-state index in [1.54, 1.807) is 28.4 Å². The van der Waals surface area contributed by atoms with Gasteiger partial charge in [-0.1, -0.05) is 30.3 Å². The molecular formula is C15H25ClO4. The Morgan fingerprint density at radius 3 is 1.85 bits per heavy atom. The molecule has 1 aromatic rings. The second-order valence-corrected chi connectivity index (χ2v) is 4.37. The Morgan fingerprint density at radius 1 is 0.900 bits per heavy atom. The minimum Gasteiger partial charge on any atom is -0.382 e. The van der Waals surface area contributed by atoms with Crippen molar-refractivity contribution >= 4 is 11.6 Å². The zero-order valence-corrected chi connectivity index (χ0v) is 13.4. The second-order valence-electron chi connectivity index (χ2n) is 4.06. The number of halogens is 1. The van der Waals surface area contributed by atoms with Crippen LogP contribution in [-0.2, 0) is 18.9 Å². The molecule has 1 aromatic carbocycles. The Bertz CT molecular complexity index is 304. The van der Waals surface area contributed by atoms with Crippen LogP contribution in [0.1, 0.15) is 11.7 Å². The molecule has 116 valence electrons. The maximum Gasteiger partial charge on any atom is 0.105 e. The van der Waals surface area contributed by atoms with Crippen molar-refractivity contribution in [3.8, 4) is 0 Å². The standard InChI is InChI=1S/C10H14O2.C5H11ClO2/c1-11-8-10(12-2)9-6-4-3-5-7-9;1-7-4-5(3-6)8-2/h3-7,10H,8H2,1-2H3;5H,3-4H2,1-2H3. The fourth-order valence-electron chi connectivity index (χ4n) is 1.48. The van der Waals surface area contributed by atoms with Crippen LogP contribution < -0.4 is 0 Å². The molecule has 2 unspecified atom stereocenters. The van der Waals surface area contributed by atoms with Crippen LogP contribution in [0.4, 0.5) is 0 Å². The van der Waals surface area contributed by atoms with E-state index in [9.17, 15) is 0 Å². The summed E-state index contributed by atoms with van der Waals surface area (Å²) < 4.78 is 19.9. The number of ether oxygens (including phenoxy) is 4. The normalized spacial score (nSPS) is 13.2. The van der Waals surface area contributed by atoms with Crippen LogP contribution in [0, 0.1) is 0 Å². The highest BCUT2D eigenvalue weighted by Crippen LogP contribution is 2.15. The van der Waals surface area contributed by atoms with Gasteiger partial charge in [-0.25, -0.2) is 0 Å². The first-order valence-electron chi connectivity index (χ1n) is 6.37. The van der Waals surface area contributed by atoms with Gasteiger partial charge in [0.25, 0.3) is 0 Å². The molecule has 1 rings (SSSR count). The van der Waals surface area contributed by atoms with E-state index in [0.717, 1.165) is 5.56 Å². The van der Waals surface area contributed by atoms with Crippen molar-refractivity contribution in [3.05, 3.63) is 35.9 Å². The van der Waals surface area contributed by atoms with Gasteiger partial charge in [0.2, 0.25) is 0 Å². The van der Waals surface area contributed by atoms with E-state index in [2.05, 4.69) is 0 Å². The quantitative estimate of drug-likeness (QED) is 0.692. The zero-order valence-electron chi connectivity index (χ0n) is 12.7. The Hall–Kier alpha value is -0.650. The van der Waals surface area contributed by atoms with Crippen LogP contribution in [0.2, 0.25) is 0 Å². The van der Waals surface area contributed by atoms with Crippen molar-refractivity contribution in [2.24, 2.45) is 0 Å². The highest BCUT2D eigenvalue weighted by Gasteiger charge is 2.07. The Kier molecular flexibility index (Phi) is 12.9. The van der Waals surface area contributed by atoms with E-state index < -0.39 is 0 Å². The number of benzene rings is 1. The summed E-state index contributed by atoms with van der Waals surface area (Å²) in [4.78, 5) is 0. The average molecular weight is 305 g/mol. The number of hydrogen-bond acceptors (Lipinski definition) is 4. The van der Waals surface area contributed by atoms with E-state index >= 15 is 0 Å². The predicted molar refractivity (Wildman–Crippen MR) is 81.5 cm³/mol. The molecule has 0 aromatic heterocycles. The minimum absolute atomic E-state index is 0.0432. The van der Waals surface area contributed by atoms with Crippen LogP contribution in [-0.4, -0.2) is 53.6 Å². The molecule has 0 saturated heterocycles.